The zero-order chi connectivity index (χ0) is 28.1. The Hall–Kier alpha value is -5.04. The Morgan fingerprint density at radius 1 is 0.902 bits per heavy atom. The van der Waals surface area contributed by atoms with Crippen LogP contribution in [0.2, 0.25) is 0 Å². The normalized spacial score (nSPS) is 18.5. The second-order valence-corrected chi connectivity index (χ2v) is 11.0. The molecule has 2 saturated carbocycles. The molecule has 0 bridgehead atoms. The molecule has 2 N–H and O–H groups in total. The van der Waals surface area contributed by atoms with E-state index < -0.39 is 17.4 Å². The molecule has 0 aliphatic heterocycles. The highest BCUT2D eigenvalue weighted by molar-refractivity contribution is 5.98. The fourth-order valence-electron chi connectivity index (χ4n) is 5.77. The van der Waals surface area contributed by atoms with Gasteiger partial charge in [-0.2, -0.15) is 0 Å². The van der Waals surface area contributed by atoms with Gasteiger partial charge >= 0.3 is 5.97 Å². The number of aliphatic carboxylic acids is 1. The number of carboxylic acids is 1. The number of rotatable bonds is 7. The van der Waals surface area contributed by atoms with Gasteiger partial charge < -0.3 is 15.0 Å². The van der Waals surface area contributed by atoms with Crippen molar-refractivity contribution in [3.63, 3.8) is 0 Å². The number of fused-ring (bicyclic) bond motifs is 1. The van der Waals surface area contributed by atoms with Crippen LogP contribution in [0.5, 0.6) is 0 Å². The molecule has 7 heteroatoms. The number of nitrogens with zero attached hydrogens (tertiary/aromatic N) is 2. The van der Waals surface area contributed by atoms with E-state index in [4.69, 9.17) is 0 Å². The molecule has 5 aromatic rings. The second-order valence-electron chi connectivity index (χ2n) is 11.0. The van der Waals surface area contributed by atoms with Crippen LogP contribution in [0.15, 0.2) is 108 Å². The first-order chi connectivity index (χ1) is 19.9. The van der Waals surface area contributed by atoms with E-state index in [2.05, 4.69) is 10.3 Å². The summed E-state index contributed by atoms with van der Waals surface area (Å²) in [6.07, 6.45) is 5.56. The number of hydrogen-bond acceptors (Lipinski definition) is 4. The van der Waals surface area contributed by atoms with Crippen molar-refractivity contribution in [2.24, 2.45) is 5.92 Å². The van der Waals surface area contributed by atoms with Crippen LogP contribution in [-0.2, 0) is 10.3 Å². The molecule has 2 fully saturated rings. The minimum Gasteiger partial charge on any atom is -0.481 e. The van der Waals surface area contributed by atoms with Crippen molar-refractivity contribution >= 4 is 22.9 Å². The lowest BCUT2D eigenvalue weighted by Crippen LogP contribution is -2.37. The van der Waals surface area contributed by atoms with Crippen LogP contribution in [0.25, 0.3) is 27.8 Å². The highest BCUT2D eigenvalue weighted by Crippen LogP contribution is 2.48. The molecule has 7 nitrogen and oxygen atoms in total. The van der Waals surface area contributed by atoms with Crippen molar-refractivity contribution in [2.45, 2.75) is 30.7 Å². The van der Waals surface area contributed by atoms with Gasteiger partial charge in [-0.15, -0.1) is 0 Å². The maximum absolute atomic E-state index is 13.6. The predicted octanol–water partition coefficient (Wildman–Crippen LogP) is 5.66. The summed E-state index contributed by atoms with van der Waals surface area (Å²) in [6, 6.07) is 29.1. The third kappa shape index (κ3) is 4.49. The summed E-state index contributed by atoms with van der Waals surface area (Å²) < 4.78 is 1.80. The molecule has 2 aliphatic carbocycles. The number of carboxylic acid groups (broad SMARTS) is 1. The van der Waals surface area contributed by atoms with Crippen molar-refractivity contribution < 1.29 is 14.7 Å². The van der Waals surface area contributed by atoms with E-state index in [0.717, 1.165) is 40.8 Å². The molecule has 2 aromatic heterocycles. The average molecular weight is 542 g/mol. The van der Waals surface area contributed by atoms with Gasteiger partial charge in [-0.05, 0) is 71.7 Å². The third-order valence-electron chi connectivity index (χ3n) is 8.34. The number of carbonyl (C=O) groups is 2. The number of amides is 1. The average Bonchev–Trinajstić information content (AvgIpc) is 3.94. The molecule has 2 atom stereocenters. The molecule has 0 radical (unpaired) electrons. The number of nitrogens with one attached hydrogen (secondary N) is 1. The molecule has 202 valence electrons. The smallest absolute Gasteiger partial charge is 0.307 e. The minimum absolute atomic E-state index is 0.0693. The Kier molecular flexibility index (Phi) is 5.82. The van der Waals surface area contributed by atoms with Gasteiger partial charge in [0.05, 0.1) is 16.8 Å². The van der Waals surface area contributed by atoms with E-state index in [-0.39, 0.29) is 22.8 Å². The van der Waals surface area contributed by atoms with Crippen LogP contribution >= 0.6 is 0 Å². The van der Waals surface area contributed by atoms with E-state index in [0.29, 0.717) is 17.5 Å². The Labute approximate surface area is 236 Å². The van der Waals surface area contributed by atoms with Crippen molar-refractivity contribution in [3.05, 3.63) is 130 Å². The monoisotopic (exact) mass is 541 g/mol. The summed E-state index contributed by atoms with van der Waals surface area (Å²) in [7, 11) is 0. The van der Waals surface area contributed by atoms with Gasteiger partial charge in [0.25, 0.3) is 5.91 Å². The molecule has 2 heterocycles. The van der Waals surface area contributed by atoms with Crippen LogP contribution in [0.1, 0.15) is 46.7 Å². The van der Waals surface area contributed by atoms with Crippen molar-refractivity contribution in [2.75, 3.05) is 0 Å². The summed E-state index contributed by atoms with van der Waals surface area (Å²) in [4.78, 5) is 42.8. The number of pyridine rings is 2. The standard InChI is InChI=1S/C34H27N3O4/c38-30-26-10-5-17-35-31(26)37(20-29(30)32(39)36-34(15-16-34)24-7-2-1-3-8-24)25-9-4-6-23(18-25)21-11-13-22(14-12-21)27-19-28(27)33(40)41/h1-14,17-18,20,27-28H,15-16,19H2,(H,36,39)(H,40,41)/t27-,28+/m0/s1. The van der Waals surface area contributed by atoms with Gasteiger partial charge in [0.1, 0.15) is 11.2 Å². The SMILES string of the molecule is O=C(NC1(c2ccccc2)CC1)c1cn(-c2cccc(-c3ccc([C@@H]4C[C@H]4C(=O)O)cc3)c2)c2ncccc2c1=O. The first-order valence-electron chi connectivity index (χ1n) is 13.8. The summed E-state index contributed by atoms with van der Waals surface area (Å²) in [5, 5.41) is 12.8. The van der Waals surface area contributed by atoms with Gasteiger partial charge in [-0.1, -0.05) is 66.7 Å². The van der Waals surface area contributed by atoms with Gasteiger partial charge in [0.2, 0.25) is 5.43 Å². The molecule has 1 amide bonds. The summed E-state index contributed by atoms with van der Waals surface area (Å²) >= 11 is 0. The number of benzene rings is 3. The van der Waals surface area contributed by atoms with Crippen molar-refractivity contribution in [3.8, 4) is 16.8 Å². The highest BCUT2D eigenvalue weighted by atomic mass is 16.4. The quantitative estimate of drug-likeness (QED) is 0.277. The summed E-state index contributed by atoms with van der Waals surface area (Å²) in [5.74, 6) is -1.36. The summed E-state index contributed by atoms with van der Waals surface area (Å²) in [6.45, 7) is 0. The molecule has 2 aliphatic rings. The predicted molar refractivity (Wildman–Crippen MR) is 156 cm³/mol. The lowest BCUT2D eigenvalue weighted by molar-refractivity contribution is -0.138. The Morgan fingerprint density at radius 2 is 1.68 bits per heavy atom. The lowest BCUT2D eigenvalue weighted by Gasteiger charge is -2.19. The number of aromatic nitrogens is 2. The van der Waals surface area contributed by atoms with Crippen LogP contribution in [0.4, 0.5) is 0 Å². The fraction of sp³-hybridized carbons (Fsp3) is 0.176. The Balaban J connectivity index is 1.25. The van der Waals surface area contributed by atoms with E-state index in [1.807, 2.05) is 78.9 Å². The lowest BCUT2D eigenvalue weighted by atomic mass is 10.0. The van der Waals surface area contributed by atoms with E-state index in [1.165, 1.54) is 0 Å². The molecule has 3 aromatic carbocycles. The fourth-order valence-corrected chi connectivity index (χ4v) is 5.77. The summed E-state index contributed by atoms with van der Waals surface area (Å²) in [5.41, 5.74) is 4.52. The van der Waals surface area contributed by atoms with Crippen molar-refractivity contribution in [1.29, 1.82) is 0 Å². The zero-order valence-corrected chi connectivity index (χ0v) is 22.2. The first-order valence-corrected chi connectivity index (χ1v) is 13.8. The highest BCUT2D eigenvalue weighted by Gasteiger charge is 2.46. The first kappa shape index (κ1) is 25.0. The maximum atomic E-state index is 13.6. The third-order valence-corrected chi connectivity index (χ3v) is 8.34. The molecule has 41 heavy (non-hydrogen) atoms. The Morgan fingerprint density at radius 3 is 2.39 bits per heavy atom. The number of carbonyl (C=O) groups excluding carboxylic acids is 1. The second kappa shape index (κ2) is 9.55. The van der Waals surface area contributed by atoms with Gasteiger partial charge in [0, 0.05) is 18.1 Å². The van der Waals surface area contributed by atoms with E-state index >= 15 is 0 Å². The maximum Gasteiger partial charge on any atom is 0.307 e. The molecule has 7 rings (SSSR count). The minimum atomic E-state index is -0.742. The largest absolute Gasteiger partial charge is 0.481 e. The van der Waals surface area contributed by atoms with Crippen LogP contribution in [-0.4, -0.2) is 26.5 Å². The van der Waals surface area contributed by atoms with E-state index in [9.17, 15) is 19.5 Å². The van der Waals surface area contributed by atoms with Crippen LogP contribution in [0, 0.1) is 5.92 Å². The van der Waals surface area contributed by atoms with E-state index in [1.54, 1.807) is 29.1 Å². The zero-order valence-electron chi connectivity index (χ0n) is 22.2. The van der Waals surface area contributed by atoms with Crippen LogP contribution in [0.3, 0.4) is 0 Å². The molecule has 0 unspecified atom stereocenters. The van der Waals surface area contributed by atoms with Crippen LogP contribution < -0.4 is 10.7 Å². The topological polar surface area (TPSA) is 101 Å². The van der Waals surface area contributed by atoms with Gasteiger partial charge in [0.15, 0.2) is 0 Å². The number of hydrogen-bond donors (Lipinski definition) is 2. The van der Waals surface area contributed by atoms with Crippen molar-refractivity contribution in [1.82, 2.24) is 14.9 Å². The Bertz CT molecular complexity index is 1870. The molecule has 0 saturated heterocycles. The molecular formula is C34H27N3O4. The molecule has 0 spiro atoms. The van der Waals surface area contributed by atoms with Gasteiger partial charge in [-0.25, -0.2) is 4.98 Å². The molecular weight excluding hydrogens is 514 g/mol. The van der Waals surface area contributed by atoms with Gasteiger partial charge in [-0.3, -0.25) is 14.4 Å².